The van der Waals surface area contributed by atoms with Crippen molar-refractivity contribution in [3.05, 3.63) is 46.2 Å². The fourth-order valence-corrected chi connectivity index (χ4v) is 1.53. The molecule has 0 radical (unpaired) electrons. The van der Waals surface area contributed by atoms with E-state index in [0.29, 0.717) is 11.3 Å². The van der Waals surface area contributed by atoms with Crippen LogP contribution in [0, 0.1) is 0 Å². The molecule has 0 amide bonds. The van der Waals surface area contributed by atoms with Crippen LogP contribution in [0.2, 0.25) is 0 Å². The predicted molar refractivity (Wildman–Crippen MR) is 64.7 cm³/mol. The van der Waals surface area contributed by atoms with Crippen LogP contribution in [-0.4, -0.2) is 17.3 Å². The highest BCUT2D eigenvalue weighted by Gasteiger charge is 2.04. The van der Waals surface area contributed by atoms with Crippen LogP contribution in [0.1, 0.15) is 5.56 Å². The summed E-state index contributed by atoms with van der Waals surface area (Å²) in [7, 11) is 1.60. The van der Waals surface area contributed by atoms with Crippen LogP contribution < -0.4 is 16.0 Å². The van der Waals surface area contributed by atoms with Crippen LogP contribution in [0.3, 0.4) is 0 Å². The van der Waals surface area contributed by atoms with Crippen LogP contribution in [0.15, 0.2) is 35.1 Å². The molecule has 0 bridgehead atoms. The first kappa shape index (κ1) is 11.3. The van der Waals surface area contributed by atoms with E-state index in [0.717, 1.165) is 11.3 Å². The molecule has 5 heteroatoms. The number of H-pyrrole nitrogens is 1. The van der Waals surface area contributed by atoms with Gasteiger partial charge in [0.2, 0.25) is 0 Å². The van der Waals surface area contributed by atoms with Gasteiger partial charge in [-0.3, -0.25) is 4.79 Å². The van der Waals surface area contributed by atoms with Gasteiger partial charge in [0.1, 0.15) is 5.75 Å². The Balaban J connectivity index is 2.48. The van der Waals surface area contributed by atoms with Gasteiger partial charge < -0.3 is 10.5 Å². The minimum atomic E-state index is -0.251. The molecular formula is C12H13N3O2. The summed E-state index contributed by atoms with van der Waals surface area (Å²) in [4.78, 5) is 11.3. The Morgan fingerprint density at radius 1 is 1.41 bits per heavy atom. The largest absolute Gasteiger partial charge is 0.497 e. The molecule has 0 unspecified atom stereocenters. The first-order valence-electron chi connectivity index (χ1n) is 5.17. The van der Waals surface area contributed by atoms with Gasteiger partial charge >= 0.3 is 0 Å². The Bertz CT molecular complexity index is 578. The molecular weight excluding hydrogens is 218 g/mol. The minimum absolute atomic E-state index is 0.189. The van der Waals surface area contributed by atoms with Crippen LogP contribution in [0.5, 0.6) is 5.75 Å². The van der Waals surface area contributed by atoms with Crippen molar-refractivity contribution in [1.29, 1.82) is 0 Å². The summed E-state index contributed by atoms with van der Waals surface area (Å²) in [5, 5.41) is 6.41. The second-order valence-corrected chi connectivity index (χ2v) is 3.54. The van der Waals surface area contributed by atoms with Crippen molar-refractivity contribution >= 4 is 0 Å². The van der Waals surface area contributed by atoms with Gasteiger partial charge in [-0.1, -0.05) is 12.1 Å². The number of hydrogen-bond acceptors (Lipinski definition) is 4. The van der Waals surface area contributed by atoms with Crippen LogP contribution >= 0.6 is 0 Å². The lowest BCUT2D eigenvalue weighted by Gasteiger charge is -2.04. The van der Waals surface area contributed by atoms with E-state index in [9.17, 15) is 4.79 Å². The Kier molecular flexibility index (Phi) is 3.20. The zero-order chi connectivity index (χ0) is 12.3. The van der Waals surface area contributed by atoms with Crippen molar-refractivity contribution in [2.75, 3.05) is 7.11 Å². The summed E-state index contributed by atoms with van der Waals surface area (Å²) in [6.45, 7) is 0.189. The molecule has 0 aliphatic rings. The molecule has 0 spiro atoms. The highest BCUT2D eigenvalue weighted by molar-refractivity contribution is 5.61. The van der Waals surface area contributed by atoms with Crippen molar-refractivity contribution in [2.45, 2.75) is 6.54 Å². The topological polar surface area (TPSA) is 81.0 Å². The zero-order valence-corrected chi connectivity index (χ0v) is 9.43. The molecule has 0 aliphatic heterocycles. The van der Waals surface area contributed by atoms with E-state index in [1.807, 2.05) is 24.3 Å². The Morgan fingerprint density at radius 2 is 2.24 bits per heavy atom. The molecule has 0 atom stereocenters. The molecule has 0 fully saturated rings. The van der Waals surface area contributed by atoms with Crippen molar-refractivity contribution in [3.63, 3.8) is 0 Å². The lowest BCUT2D eigenvalue weighted by atomic mass is 10.1. The summed E-state index contributed by atoms with van der Waals surface area (Å²) in [6, 6.07) is 9.14. The molecule has 0 saturated heterocycles. The van der Waals surface area contributed by atoms with Gasteiger partial charge in [0.25, 0.3) is 5.56 Å². The molecule has 1 aromatic carbocycles. The molecule has 17 heavy (non-hydrogen) atoms. The van der Waals surface area contributed by atoms with E-state index in [4.69, 9.17) is 10.5 Å². The third kappa shape index (κ3) is 2.34. The smallest absolute Gasteiger partial charge is 0.268 e. The fourth-order valence-electron chi connectivity index (χ4n) is 1.53. The molecule has 0 saturated carbocycles. The SMILES string of the molecule is COc1cccc(-c2cc(CN)c(=O)[nH]n2)c1. The molecule has 2 rings (SSSR count). The first-order valence-corrected chi connectivity index (χ1v) is 5.17. The lowest BCUT2D eigenvalue weighted by Crippen LogP contribution is -2.17. The highest BCUT2D eigenvalue weighted by Crippen LogP contribution is 2.21. The van der Waals surface area contributed by atoms with E-state index in [1.165, 1.54) is 0 Å². The Morgan fingerprint density at radius 3 is 2.94 bits per heavy atom. The van der Waals surface area contributed by atoms with Gasteiger partial charge in [-0.2, -0.15) is 5.10 Å². The van der Waals surface area contributed by atoms with Crippen molar-refractivity contribution in [2.24, 2.45) is 5.73 Å². The first-order chi connectivity index (χ1) is 8.24. The summed E-state index contributed by atoms with van der Waals surface area (Å²) < 4.78 is 5.13. The third-order valence-electron chi connectivity index (χ3n) is 2.47. The molecule has 3 N–H and O–H groups in total. The van der Waals surface area contributed by atoms with Crippen molar-refractivity contribution in [3.8, 4) is 17.0 Å². The van der Waals surface area contributed by atoms with Crippen LogP contribution in [-0.2, 0) is 6.54 Å². The van der Waals surface area contributed by atoms with Crippen LogP contribution in [0.25, 0.3) is 11.3 Å². The second-order valence-electron chi connectivity index (χ2n) is 3.54. The maximum absolute atomic E-state index is 11.3. The monoisotopic (exact) mass is 231 g/mol. The highest BCUT2D eigenvalue weighted by atomic mass is 16.5. The summed E-state index contributed by atoms with van der Waals surface area (Å²) in [6.07, 6.45) is 0. The molecule has 2 aromatic rings. The number of nitrogens with one attached hydrogen (secondary N) is 1. The van der Waals surface area contributed by atoms with Gasteiger partial charge in [-0.05, 0) is 18.2 Å². The number of nitrogens with two attached hydrogens (primary N) is 1. The fraction of sp³-hybridized carbons (Fsp3) is 0.167. The number of methoxy groups -OCH3 is 1. The second kappa shape index (κ2) is 4.80. The summed E-state index contributed by atoms with van der Waals surface area (Å²) >= 11 is 0. The Hall–Kier alpha value is -2.14. The van der Waals surface area contributed by atoms with Crippen LogP contribution in [0.4, 0.5) is 0 Å². The molecule has 1 aromatic heterocycles. The van der Waals surface area contributed by atoms with E-state index in [-0.39, 0.29) is 12.1 Å². The number of aromatic amines is 1. The lowest BCUT2D eigenvalue weighted by molar-refractivity contribution is 0.415. The molecule has 5 nitrogen and oxygen atoms in total. The standard InChI is InChI=1S/C12H13N3O2/c1-17-10-4-2-3-8(5-10)11-6-9(7-13)12(16)15-14-11/h2-6H,7,13H2,1H3,(H,15,16). The maximum Gasteiger partial charge on any atom is 0.268 e. The van der Waals surface area contributed by atoms with Gasteiger partial charge in [0.15, 0.2) is 0 Å². The zero-order valence-electron chi connectivity index (χ0n) is 9.43. The number of benzene rings is 1. The number of aromatic nitrogens is 2. The number of hydrogen-bond donors (Lipinski definition) is 2. The van der Waals surface area contributed by atoms with Gasteiger partial charge in [-0.15, -0.1) is 0 Å². The number of nitrogens with zero attached hydrogens (tertiary/aromatic N) is 1. The average molecular weight is 231 g/mol. The van der Waals surface area contributed by atoms with E-state index < -0.39 is 0 Å². The van der Waals surface area contributed by atoms with Gasteiger partial charge in [-0.25, -0.2) is 5.10 Å². The normalized spacial score (nSPS) is 10.2. The van der Waals surface area contributed by atoms with Gasteiger partial charge in [0, 0.05) is 17.7 Å². The predicted octanol–water partition coefficient (Wildman–Crippen LogP) is 0.904. The van der Waals surface area contributed by atoms with E-state index in [1.54, 1.807) is 13.2 Å². The molecule has 0 aliphatic carbocycles. The van der Waals surface area contributed by atoms with Crippen molar-refractivity contribution < 1.29 is 4.74 Å². The Labute approximate surface area is 98.2 Å². The van der Waals surface area contributed by atoms with E-state index >= 15 is 0 Å². The summed E-state index contributed by atoms with van der Waals surface area (Å²) in [5.74, 6) is 0.741. The summed E-state index contributed by atoms with van der Waals surface area (Å²) in [5.41, 5.74) is 7.28. The maximum atomic E-state index is 11.3. The quantitative estimate of drug-likeness (QED) is 0.822. The minimum Gasteiger partial charge on any atom is -0.497 e. The number of ether oxygens (including phenoxy) is 1. The average Bonchev–Trinajstić information content (AvgIpc) is 2.39. The van der Waals surface area contributed by atoms with Gasteiger partial charge in [0.05, 0.1) is 12.8 Å². The van der Waals surface area contributed by atoms with E-state index in [2.05, 4.69) is 10.2 Å². The third-order valence-corrected chi connectivity index (χ3v) is 2.47. The van der Waals surface area contributed by atoms with Crippen molar-refractivity contribution in [1.82, 2.24) is 10.2 Å². The molecule has 88 valence electrons. The molecule has 1 heterocycles. The number of rotatable bonds is 3.